The van der Waals surface area contributed by atoms with Crippen molar-refractivity contribution in [3.63, 3.8) is 0 Å². The van der Waals surface area contributed by atoms with Gasteiger partial charge in [0.05, 0.1) is 0 Å². The first-order valence-electron chi connectivity index (χ1n) is 10.2. The SMILES string of the molecule is O=C(N[C@@H](CCc1ccc(F)cc1F)C(=O)O)OCC1c2ccccc2-c2ccccc21. The Kier molecular flexibility index (Phi) is 6.16. The first kappa shape index (κ1) is 21.5. The third-order valence-corrected chi connectivity index (χ3v) is 5.65. The predicted molar refractivity (Wildman–Crippen MR) is 114 cm³/mol. The van der Waals surface area contributed by atoms with E-state index in [-0.39, 0.29) is 30.9 Å². The Morgan fingerprint density at radius 1 is 0.969 bits per heavy atom. The van der Waals surface area contributed by atoms with Gasteiger partial charge in [0.25, 0.3) is 0 Å². The summed E-state index contributed by atoms with van der Waals surface area (Å²) in [5, 5.41) is 11.8. The molecule has 3 aromatic carbocycles. The zero-order valence-electron chi connectivity index (χ0n) is 17.1. The maximum Gasteiger partial charge on any atom is 0.407 e. The summed E-state index contributed by atoms with van der Waals surface area (Å²) in [5.74, 6) is -2.88. The summed E-state index contributed by atoms with van der Waals surface area (Å²) in [5.41, 5.74) is 4.43. The summed E-state index contributed by atoms with van der Waals surface area (Å²) in [7, 11) is 0. The molecule has 0 fully saturated rings. The first-order chi connectivity index (χ1) is 15.4. The number of carbonyl (C=O) groups is 2. The molecule has 1 atom stereocenters. The first-order valence-corrected chi connectivity index (χ1v) is 10.2. The Morgan fingerprint density at radius 2 is 1.59 bits per heavy atom. The summed E-state index contributed by atoms with van der Waals surface area (Å²) in [4.78, 5) is 23.9. The molecule has 1 aliphatic rings. The van der Waals surface area contributed by atoms with Crippen molar-refractivity contribution in [2.45, 2.75) is 24.8 Å². The van der Waals surface area contributed by atoms with Crippen LogP contribution < -0.4 is 5.32 Å². The molecule has 2 N–H and O–H groups in total. The molecule has 3 aromatic rings. The number of hydrogen-bond donors (Lipinski definition) is 2. The molecule has 0 aliphatic heterocycles. The molecular weight excluding hydrogens is 416 g/mol. The molecule has 164 valence electrons. The summed E-state index contributed by atoms with van der Waals surface area (Å²) in [6.07, 6.45) is -0.909. The highest BCUT2D eigenvalue weighted by Crippen LogP contribution is 2.44. The van der Waals surface area contributed by atoms with Crippen LogP contribution in [0.5, 0.6) is 0 Å². The van der Waals surface area contributed by atoms with Crippen LogP contribution in [0.25, 0.3) is 11.1 Å². The highest BCUT2D eigenvalue weighted by atomic mass is 19.1. The van der Waals surface area contributed by atoms with Crippen LogP contribution in [-0.4, -0.2) is 29.8 Å². The minimum absolute atomic E-state index is 0.0206. The van der Waals surface area contributed by atoms with Crippen molar-refractivity contribution in [3.8, 4) is 11.1 Å². The van der Waals surface area contributed by atoms with Gasteiger partial charge in [-0.15, -0.1) is 0 Å². The number of aryl methyl sites for hydroxylation is 1. The lowest BCUT2D eigenvalue weighted by Gasteiger charge is -2.17. The number of hydrogen-bond acceptors (Lipinski definition) is 3. The molecule has 0 spiro atoms. The molecule has 0 radical (unpaired) electrons. The van der Waals surface area contributed by atoms with Gasteiger partial charge in [-0.25, -0.2) is 18.4 Å². The molecule has 0 aromatic heterocycles. The maximum absolute atomic E-state index is 13.8. The summed E-state index contributed by atoms with van der Waals surface area (Å²) < 4.78 is 32.2. The van der Waals surface area contributed by atoms with Gasteiger partial charge in [0.15, 0.2) is 0 Å². The molecule has 4 rings (SSSR count). The van der Waals surface area contributed by atoms with E-state index in [1.807, 2.05) is 48.5 Å². The van der Waals surface area contributed by atoms with Gasteiger partial charge in [0, 0.05) is 12.0 Å². The van der Waals surface area contributed by atoms with Crippen molar-refractivity contribution < 1.29 is 28.2 Å². The number of rotatable bonds is 7. The number of carbonyl (C=O) groups excluding carboxylic acids is 1. The molecule has 0 saturated heterocycles. The third-order valence-electron chi connectivity index (χ3n) is 5.65. The largest absolute Gasteiger partial charge is 0.480 e. The maximum atomic E-state index is 13.8. The average molecular weight is 437 g/mol. The summed E-state index contributed by atoms with van der Waals surface area (Å²) >= 11 is 0. The van der Waals surface area contributed by atoms with Crippen molar-refractivity contribution in [2.75, 3.05) is 6.61 Å². The number of carboxylic acid groups (broad SMARTS) is 1. The molecule has 0 bridgehead atoms. The Morgan fingerprint density at radius 3 is 2.19 bits per heavy atom. The Labute approximate surface area is 183 Å². The van der Waals surface area contributed by atoms with Crippen LogP contribution in [0.4, 0.5) is 13.6 Å². The van der Waals surface area contributed by atoms with Gasteiger partial charge in [0.2, 0.25) is 0 Å². The van der Waals surface area contributed by atoms with Crippen molar-refractivity contribution in [2.24, 2.45) is 0 Å². The minimum atomic E-state index is -1.27. The van der Waals surface area contributed by atoms with E-state index in [0.29, 0.717) is 0 Å². The van der Waals surface area contributed by atoms with Crippen molar-refractivity contribution in [1.82, 2.24) is 5.32 Å². The fourth-order valence-corrected chi connectivity index (χ4v) is 4.06. The lowest BCUT2D eigenvalue weighted by atomic mass is 9.98. The van der Waals surface area contributed by atoms with E-state index in [1.54, 1.807) is 0 Å². The molecule has 0 saturated carbocycles. The third kappa shape index (κ3) is 4.46. The van der Waals surface area contributed by atoms with Crippen LogP contribution in [0.1, 0.15) is 29.0 Å². The number of amides is 1. The van der Waals surface area contributed by atoms with Gasteiger partial charge in [-0.05, 0) is 46.7 Å². The predicted octanol–water partition coefficient (Wildman–Crippen LogP) is 4.89. The molecule has 1 amide bonds. The van der Waals surface area contributed by atoms with E-state index >= 15 is 0 Å². The molecular formula is C25H21F2NO4. The van der Waals surface area contributed by atoms with Gasteiger partial charge < -0.3 is 15.2 Å². The summed E-state index contributed by atoms with van der Waals surface area (Å²) in [6.45, 7) is 0.0544. The van der Waals surface area contributed by atoms with Crippen LogP contribution in [-0.2, 0) is 16.0 Å². The minimum Gasteiger partial charge on any atom is -0.480 e. The smallest absolute Gasteiger partial charge is 0.407 e. The fraction of sp³-hybridized carbons (Fsp3) is 0.200. The molecule has 0 heterocycles. The number of nitrogens with one attached hydrogen (secondary N) is 1. The highest BCUT2D eigenvalue weighted by Gasteiger charge is 2.29. The van der Waals surface area contributed by atoms with Gasteiger partial charge in [-0.3, -0.25) is 0 Å². The second-order valence-electron chi connectivity index (χ2n) is 7.64. The van der Waals surface area contributed by atoms with Crippen molar-refractivity contribution in [1.29, 1.82) is 0 Å². The average Bonchev–Trinajstić information content (AvgIpc) is 3.10. The van der Waals surface area contributed by atoms with E-state index < -0.39 is 29.7 Å². The van der Waals surface area contributed by atoms with Crippen LogP contribution in [0.2, 0.25) is 0 Å². The van der Waals surface area contributed by atoms with Crippen LogP contribution in [0, 0.1) is 11.6 Å². The lowest BCUT2D eigenvalue weighted by Crippen LogP contribution is -2.41. The number of alkyl carbamates (subject to hydrolysis) is 1. The number of carboxylic acids is 1. The van der Waals surface area contributed by atoms with Gasteiger partial charge in [-0.2, -0.15) is 0 Å². The number of ether oxygens (including phenoxy) is 1. The van der Waals surface area contributed by atoms with Crippen LogP contribution in [0.3, 0.4) is 0 Å². The standard InChI is InChI=1S/C25H21F2NO4/c26-16-11-9-15(22(27)13-16)10-12-23(24(29)30)28-25(31)32-14-21-19-7-3-1-5-17(19)18-6-2-4-8-20(18)21/h1-9,11,13,21,23H,10,12,14H2,(H,28,31)(H,29,30)/t23-/m0/s1. The lowest BCUT2D eigenvalue weighted by molar-refractivity contribution is -0.139. The van der Waals surface area contributed by atoms with Gasteiger partial charge >= 0.3 is 12.1 Å². The zero-order chi connectivity index (χ0) is 22.7. The van der Waals surface area contributed by atoms with Gasteiger partial charge in [-0.1, -0.05) is 54.6 Å². The van der Waals surface area contributed by atoms with E-state index in [4.69, 9.17) is 4.74 Å². The molecule has 0 unspecified atom stereocenters. The second kappa shape index (κ2) is 9.18. The molecule has 32 heavy (non-hydrogen) atoms. The normalized spacial score (nSPS) is 13.2. The number of aliphatic carboxylic acids is 1. The Balaban J connectivity index is 1.39. The van der Waals surface area contributed by atoms with Crippen LogP contribution >= 0.6 is 0 Å². The number of halogens is 2. The van der Waals surface area contributed by atoms with Crippen molar-refractivity contribution >= 4 is 12.1 Å². The molecule has 5 nitrogen and oxygen atoms in total. The van der Waals surface area contributed by atoms with Crippen molar-refractivity contribution in [3.05, 3.63) is 95.1 Å². The van der Waals surface area contributed by atoms with Crippen LogP contribution in [0.15, 0.2) is 66.7 Å². The quantitative estimate of drug-likeness (QED) is 0.552. The van der Waals surface area contributed by atoms with E-state index in [0.717, 1.165) is 34.4 Å². The molecule has 7 heteroatoms. The monoisotopic (exact) mass is 437 g/mol. The fourth-order valence-electron chi connectivity index (χ4n) is 4.06. The Bertz CT molecular complexity index is 1120. The van der Waals surface area contributed by atoms with E-state index in [1.165, 1.54) is 6.07 Å². The molecule has 1 aliphatic carbocycles. The summed E-state index contributed by atoms with van der Waals surface area (Å²) in [6, 6.07) is 17.6. The van der Waals surface area contributed by atoms with E-state index in [9.17, 15) is 23.5 Å². The number of benzene rings is 3. The number of fused-ring (bicyclic) bond motifs is 3. The highest BCUT2D eigenvalue weighted by molar-refractivity contribution is 5.81. The topological polar surface area (TPSA) is 75.6 Å². The van der Waals surface area contributed by atoms with Gasteiger partial charge in [0.1, 0.15) is 24.3 Å². The Hall–Kier alpha value is -3.74. The van der Waals surface area contributed by atoms with E-state index in [2.05, 4.69) is 5.32 Å². The second-order valence-corrected chi connectivity index (χ2v) is 7.64. The zero-order valence-corrected chi connectivity index (χ0v) is 17.1.